The quantitative estimate of drug-likeness (QED) is 0.345. The highest BCUT2D eigenvalue weighted by molar-refractivity contribution is 14.0. The fourth-order valence-corrected chi connectivity index (χ4v) is 2.71. The zero-order valence-corrected chi connectivity index (χ0v) is 18.1. The van der Waals surface area contributed by atoms with E-state index in [4.69, 9.17) is 4.99 Å². The van der Waals surface area contributed by atoms with Crippen LogP contribution in [0.3, 0.4) is 0 Å². The Bertz CT molecular complexity index is 323. The monoisotopic (exact) mass is 442 g/mol. The smallest absolute Gasteiger partial charge is 0.191 e. The number of nitrogens with one attached hydrogen (secondary N) is 2. The summed E-state index contributed by atoms with van der Waals surface area (Å²) in [6.07, 6.45) is 4.72. The Morgan fingerprint density at radius 2 is 2.05 bits per heavy atom. The summed E-state index contributed by atoms with van der Waals surface area (Å²) in [6, 6.07) is 0. The van der Waals surface area contributed by atoms with Gasteiger partial charge < -0.3 is 15.5 Å². The highest BCUT2D eigenvalue weighted by atomic mass is 127. The van der Waals surface area contributed by atoms with Crippen LogP contribution in [0.5, 0.6) is 0 Å². The van der Waals surface area contributed by atoms with Gasteiger partial charge >= 0.3 is 0 Å². The zero-order valence-electron chi connectivity index (χ0n) is 14.9. The molecule has 1 atom stereocenters. The normalized spacial score (nSPS) is 19.9. The number of halogens is 1. The van der Waals surface area contributed by atoms with Crippen LogP contribution in [0.1, 0.15) is 40.5 Å². The van der Waals surface area contributed by atoms with Gasteiger partial charge in [-0.15, -0.1) is 24.0 Å². The zero-order chi connectivity index (χ0) is 15.7. The molecule has 132 valence electrons. The lowest BCUT2D eigenvalue weighted by molar-refractivity contribution is 0.324. The van der Waals surface area contributed by atoms with Gasteiger partial charge in [0.1, 0.15) is 0 Å². The highest BCUT2D eigenvalue weighted by Gasteiger charge is 2.22. The van der Waals surface area contributed by atoms with E-state index in [9.17, 15) is 0 Å². The van der Waals surface area contributed by atoms with E-state index < -0.39 is 0 Å². The third-order valence-corrected chi connectivity index (χ3v) is 5.22. The van der Waals surface area contributed by atoms with Crippen molar-refractivity contribution in [2.24, 2.45) is 10.9 Å². The molecule has 0 spiro atoms. The minimum atomic E-state index is 0. The first kappa shape index (κ1) is 22.3. The first-order chi connectivity index (χ1) is 10.0. The minimum Gasteiger partial charge on any atom is -0.357 e. The summed E-state index contributed by atoms with van der Waals surface area (Å²) in [5, 5.41) is 6.88. The van der Waals surface area contributed by atoms with Crippen molar-refractivity contribution in [1.82, 2.24) is 15.5 Å². The lowest BCUT2D eigenvalue weighted by atomic mass is 10.1. The van der Waals surface area contributed by atoms with E-state index in [1.54, 1.807) is 0 Å². The first-order valence-electron chi connectivity index (χ1n) is 8.30. The summed E-state index contributed by atoms with van der Waals surface area (Å²) in [5.41, 5.74) is 0. The molecule has 2 N–H and O–H groups in total. The number of hydrogen-bond acceptors (Lipinski definition) is 3. The summed E-state index contributed by atoms with van der Waals surface area (Å²) in [6.45, 7) is 15.4. The molecule has 1 aliphatic rings. The Hall–Kier alpha value is 0.310. The molecule has 1 saturated heterocycles. The van der Waals surface area contributed by atoms with Crippen molar-refractivity contribution in [3.05, 3.63) is 0 Å². The number of thioether (sulfide) groups is 1. The maximum absolute atomic E-state index is 4.73. The van der Waals surface area contributed by atoms with E-state index in [1.807, 2.05) is 11.8 Å². The van der Waals surface area contributed by atoms with Crippen LogP contribution in [0, 0.1) is 5.92 Å². The van der Waals surface area contributed by atoms with Crippen LogP contribution in [0.25, 0.3) is 0 Å². The number of guanidine groups is 1. The molecule has 0 aromatic heterocycles. The van der Waals surface area contributed by atoms with E-state index in [1.165, 1.54) is 32.5 Å². The van der Waals surface area contributed by atoms with Gasteiger partial charge in [0, 0.05) is 24.4 Å². The molecule has 6 heteroatoms. The second kappa shape index (κ2) is 11.8. The van der Waals surface area contributed by atoms with Crippen molar-refractivity contribution < 1.29 is 0 Å². The second-order valence-corrected chi connectivity index (χ2v) is 8.01. The van der Waals surface area contributed by atoms with Crippen LogP contribution < -0.4 is 10.6 Å². The molecule has 0 amide bonds. The predicted molar refractivity (Wildman–Crippen MR) is 112 cm³/mol. The fraction of sp³-hybridized carbons (Fsp3) is 0.938. The van der Waals surface area contributed by atoms with Crippen molar-refractivity contribution in [2.75, 3.05) is 45.5 Å². The summed E-state index contributed by atoms with van der Waals surface area (Å²) < 4.78 is 0.202. The molecule has 4 nitrogen and oxygen atoms in total. The standard InChI is InChI=1S/C16H34N4S.HI/c1-6-9-20-10-8-14(12-20)11-18-15(17-7-2)19-13-16(3,4)21-5;/h14H,6-13H2,1-5H3,(H2,17,18,19);1H. The lowest BCUT2D eigenvalue weighted by Crippen LogP contribution is -2.41. The molecule has 1 rings (SSSR count). The Morgan fingerprint density at radius 1 is 1.32 bits per heavy atom. The average molecular weight is 442 g/mol. The summed E-state index contributed by atoms with van der Waals surface area (Å²) in [7, 11) is 0. The third-order valence-electron chi connectivity index (χ3n) is 3.98. The molecule has 0 aromatic carbocycles. The van der Waals surface area contributed by atoms with Gasteiger partial charge in [-0.2, -0.15) is 11.8 Å². The molecule has 1 fully saturated rings. The Kier molecular flexibility index (Phi) is 12.0. The van der Waals surface area contributed by atoms with E-state index >= 15 is 0 Å². The SMILES string of the molecule is CCCN1CCC(CNC(=NCC(C)(C)SC)NCC)C1.I. The first-order valence-corrected chi connectivity index (χ1v) is 9.53. The number of nitrogens with zero attached hydrogens (tertiary/aromatic N) is 2. The third kappa shape index (κ3) is 8.82. The van der Waals surface area contributed by atoms with E-state index in [0.717, 1.165) is 31.5 Å². The van der Waals surface area contributed by atoms with E-state index in [2.05, 4.69) is 49.5 Å². The van der Waals surface area contributed by atoms with Gasteiger partial charge in [-0.25, -0.2) is 0 Å². The average Bonchev–Trinajstić information content (AvgIpc) is 2.90. The topological polar surface area (TPSA) is 39.7 Å². The summed E-state index contributed by atoms with van der Waals surface area (Å²) in [5.74, 6) is 1.72. The molecule has 1 heterocycles. The van der Waals surface area contributed by atoms with Gasteiger partial charge in [-0.1, -0.05) is 6.92 Å². The van der Waals surface area contributed by atoms with Crippen molar-refractivity contribution in [3.63, 3.8) is 0 Å². The molecule has 0 aromatic rings. The fourth-order valence-electron chi connectivity index (χ4n) is 2.52. The van der Waals surface area contributed by atoms with Crippen LogP contribution >= 0.6 is 35.7 Å². The molecule has 22 heavy (non-hydrogen) atoms. The highest BCUT2D eigenvalue weighted by Crippen LogP contribution is 2.21. The van der Waals surface area contributed by atoms with Gasteiger partial charge in [0.05, 0.1) is 6.54 Å². The molecule has 0 radical (unpaired) electrons. The van der Waals surface area contributed by atoms with Crippen molar-refractivity contribution >= 4 is 41.7 Å². The van der Waals surface area contributed by atoms with Crippen LogP contribution in [-0.4, -0.2) is 61.1 Å². The van der Waals surface area contributed by atoms with Gasteiger partial charge in [-0.3, -0.25) is 4.99 Å². The van der Waals surface area contributed by atoms with Crippen LogP contribution in [-0.2, 0) is 0 Å². The Balaban J connectivity index is 0.00000441. The van der Waals surface area contributed by atoms with Gasteiger partial charge in [-0.05, 0) is 58.9 Å². The largest absolute Gasteiger partial charge is 0.357 e. The number of hydrogen-bond donors (Lipinski definition) is 2. The van der Waals surface area contributed by atoms with Crippen molar-refractivity contribution in [3.8, 4) is 0 Å². The maximum atomic E-state index is 4.73. The summed E-state index contributed by atoms with van der Waals surface area (Å²) in [4.78, 5) is 7.31. The van der Waals surface area contributed by atoms with Crippen molar-refractivity contribution in [1.29, 1.82) is 0 Å². The number of likely N-dealkylation sites (tertiary alicyclic amines) is 1. The predicted octanol–water partition coefficient (Wildman–Crippen LogP) is 3.03. The van der Waals surface area contributed by atoms with E-state index in [0.29, 0.717) is 0 Å². The van der Waals surface area contributed by atoms with Gasteiger partial charge in [0.2, 0.25) is 0 Å². The van der Waals surface area contributed by atoms with Gasteiger partial charge in [0.25, 0.3) is 0 Å². The van der Waals surface area contributed by atoms with Crippen LogP contribution in [0.4, 0.5) is 0 Å². The van der Waals surface area contributed by atoms with Crippen LogP contribution in [0.2, 0.25) is 0 Å². The van der Waals surface area contributed by atoms with E-state index in [-0.39, 0.29) is 28.7 Å². The Labute approximate surface area is 158 Å². The molecule has 0 aliphatic carbocycles. The van der Waals surface area contributed by atoms with Crippen molar-refractivity contribution in [2.45, 2.75) is 45.3 Å². The molecular formula is C16H35IN4S. The lowest BCUT2D eigenvalue weighted by Gasteiger charge is -2.21. The maximum Gasteiger partial charge on any atom is 0.191 e. The number of aliphatic imine (C=N–C) groups is 1. The second-order valence-electron chi connectivity index (χ2n) is 6.50. The molecular weight excluding hydrogens is 407 g/mol. The Morgan fingerprint density at radius 3 is 2.64 bits per heavy atom. The number of rotatable bonds is 8. The molecule has 1 aliphatic heterocycles. The molecule has 0 bridgehead atoms. The van der Waals surface area contributed by atoms with Gasteiger partial charge in [0.15, 0.2) is 5.96 Å². The molecule has 0 saturated carbocycles. The summed E-state index contributed by atoms with van der Waals surface area (Å²) >= 11 is 1.87. The minimum absolute atomic E-state index is 0. The van der Waals surface area contributed by atoms with Crippen LogP contribution in [0.15, 0.2) is 4.99 Å². The molecule has 1 unspecified atom stereocenters.